The molecule has 0 aliphatic carbocycles. The van der Waals surface area contributed by atoms with E-state index in [4.69, 9.17) is 23.2 Å². The highest BCUT2D eigenvalue weighted by atomic mass is 35.5. The zero-order chi connectivity index (χ0) is 21.9. The molecule has 2 amide bonds. The first-order valence-corrected chi connectivity index (χ1v) is 9.49. The van der Waals surface area contributed by atoms with Crippen molar-refractivity contribution in [1.82, 2.24) is 10.6 Å². The third-order valence-electron chi connectivity index (χ3n) is 3.75. The second-order valence-corrected chi connectivity index (χ2v) is 6.83. The van der Waals surface area contributed by atoms with Crippen molar-refractivity contribution >= 4 is 47.2 Å². The van der Waals surface area contributed by atoms with Crippen LogP contribution in [0.15, 0.2) is 59.7 Å². The van der Waals surface area contributed by atoms with Gasteiger partial charge in [-0.05, 0) is 47.5 Å². The van der Waals surface area contributed by atoms with Crippen LogP contribution in [0.25, 0.3) is 12.2 Å². The van der Waals surface area contributed by atoms with E-state index >= 15 is 0 Å². The number of nitriles is 2. The van der Waals surface area contributed by atoms with Gasteiger partial charge in [-0.25, -0.2) is 0 Å². The minimum atomic E-state index is -0.582. The van der Waals surface area contributed by atoms with Crippen LogP contribution in [0.4, 0.5) is 0 Å². The molecule has 2 N–H and O–H groups in total. The van der Waals surface area contributed by atoms with Crippen LogP contribution in [-0.2, 0) is 9.59 Å². The molecule has 0 aliphatic heterocycles. The summed E-state index contributed by atoms with van der Waals surface area (Å²) >= 11 is 11.8. The predicted octanol–water partition coefficient (Wildman–Crippen LogP) is 3.74. The second-order valence-electron chi connectivity index (χ2n) is 5.96. The SMILES string of the molecule is N#C/C(=C\c1cccc(Cl)c1)C(=O)NCCNC(=O)/C(C#N)=C/c1cccc(Cl)c1. The van der Waals surface area contributed by atoms with Gasteiger partial charge >= 0.3 is 0 Å². The second kappa shape index (κ2) is 11.4. The van der Waals surface area contributed by atoms with Crippen molar-refractivity contribution in [2.75, 3.05) is 13.1 Å². The number of carbonyl (C=O) groups excluding carboxylic acids is 2. The maximum absolute atomic E-state index is 12.1. The van der Waals surface area contributed by atoms with E-state index in [-0.39, 0.29) is 24.2 Å². The quantitative estimate of drug-likeness (QED) is 0.390. The van der Waals surface area contributed by atoms with Crippen molar-refractivity contribution in [3.63, 3.8) is 0 Å². The summed E-state index contributed by atoms with van der Waals surface area (Å²) < 4.78 is 0. The molecule has 30 heavy (non-hydrogen) atoms. The normalized spacial score (nSPS) is 11.2. The molecule has 0 spiro atoms. The Morgan fingerprint density at radius 1 is 0.800 bits per heavy atom. The first-order valence-electron chi connectivity index (χ1n) is 8.74. The van der Waals surface area contributed by atoms with Gasteiger partial charge < -0.3 is 10.6 Å². The minimum absolute atomic E-state index is 0.0784. The zero-order valence-corrected chi connectivity index (χ0v) is 17.2. The molecule has 0 unspecified atom stereocenters. The molecule has 0 aromatic heterocycles. The first-order chi connectivity index (χ1) is 14.4. The van der Waals surface area contributed by atoms with Gasteiger partial charge in [0.05, 0.1) is 0 Å². The molecule has 2 aromatic carbocycles. The fourth-order valence-electron chi connectivity index (χ4n) is 2.37. The molecule has 0 atom stereocenters. The fourth-order valence-corrected chi connectivity index (χ4v) is 2.76. The largest absolute Gasteiger partial charge is 0.350 e. The maximum Gasteiger partial charge on any atom is 0.262 e. The van der Waals surface area contributed by atoms with E-state index in [1.807, 2.05) is 12.1 Å². The third-order valence-corrected chi connectivity index (χ3v) is 4.22. The summed E-state index contributed by atoms with van der Waals surface area (Å²) in [6.45, 7) is 0.157. The van der Waals surface area contributed by atoms with Crippen molar-refractivity contribution in [2.24, 2.45) is 0 Å². The molecule has 2 aromatic rings. The van der Waals surface area contributed by atoms with Crippen molar-refractivity contribution < 1.29 is 9.59 Å². The molecule has 0 saturated carbocycles. The molecular formula is C22H16Cl2N4O2. The van der Waals surface area contributed by atoms with Crippen LogP contribution in [-0.4, -0.2) is 24.9 Å². The molecule has 6 nitrogen and oxygen atoms in total. The lowest BCUT2D eigenvalue weighted by atomic mass is 10.1. The summed E-state index contributed by atoms with van der Waals surface area (Å²) in [4.78, 5) is 24.3. The molecule has 0 heterocycles. The lowest BCUT2D eigenvalue weighted by Gasteiger charge is -2.06. The summed E-state index contributed by atoms with van der Waals surface area (Å²) in [7, 11) is 0. The Balaban J connectivity index is 1.90. The molecule has 2 rings (SSSR count). The van der Waals surface area contributed by atoms with E-state index in [9.17, 15) is 20.1 Å². The van der Waals surface area contributed by atoms with E-state index in [0.29, 0.717) is 21.2 Å². The number of nitrogens with one attached hydrogen (secondary N) is 2. The summed E-state index contributed by atoms with van der Waals surface area (Å²) in [6.07, 6.45) is 2.84. The van der Waals surface area contributed by atoms with Crippen molar-refractivity contribution in [3.05, 3.63) is 80.8 Å². The van der Waals surface area contributed by atoms with E-state index in [1.54, 1.807) is 48.5 Å². The minimum Gasteiger partial charge on any atom is -0.350 e. The van der Waals surface area contributed by atoms with Gasteiger partial charge in [0.15, 0.2) is 0 Å². The maximum atomic E-state index is 12.1. The molecular weight excluding hydrogens is 423 g/mol. The average molecular weight is 439 g/mol. The van der Waals surface area contributed by atoms with Gasteiger partial charge in [0, 0.05) is 23.1 Å². The lowest BCUT2D eigenvalue weighted by Crippen LogP contribution is -2.35. The number of halogens is 2. The fraction of sp³-hybridized carbons (Fsp3) is 0.0909. The van der Waals surface area contributed by atoms with Crippen LogP contribution in [0.5, 0.6) is 0 Å². The Bertz CT molecular complexity index is 1010. The molecule has 0 aliphatic rings. The van der Waals surface area contributed by atoms with Gasteiger partial charge in [0.25, 0.3) is 11.8 Å². The van der Waals surface area contributed by atoms with E-state index < -0.39 is 11.8 Å². The van der Waals surface area contributed by atoms with Gasteiger partial charge in [-0.1, -0.05) is 47.5 Å². The van der Waals surface area contributed by atoms with Gasteiger partial charge in [0.1, 0.15) is 23.3 Å². The van der Waals surface area contributed by atoms with Gasteiger partial charge in [0.2, 0.25) is 0 Å². The summed E-state index contributed by atoms with van der Waals surface area (Å²) in [5.74, 6) is -1.16. The van der Waals surface area contributed by atoms with E-state index in [0.717, 1.165) is 0 Å². The summed E-state index contributed by atoms with van der Waals surface area (Å²) in [5, 5.41) is 24.5. The van der Waals surface area contributed by atoms with Crippen molar-refractivity contribution in [2.45, 2.75) is 0 Å². The van der Waals surface area contributed by atoms with Crippen molar-refractivity contribution in [3.8, 4) is 12.1 Å². The highest BCUT2D eigenvalue weighted by Crippen LogP contribution is 2.14. The smallest absolute Gasteiger partial charge is 0.262 e. The predicted molar refractivity (Wildman–Crippen MR) is 116 cm³/mol. The number of rotatable bonds is 7. The van der Waals surface area contributed by atoms with Gasteiger partial charge in [-0.3, -0.25) is 9.59 Å². The Kier molecular flexibility index (Phi) is 8.65. The molecule has 150 valence electrons. The molecule has 0 bridgehead atoms. The topological polar surface area (TPSA) is 106 Å². The highest BCUT2D eigenvalue weighted by molar-refractivity contribution is 6.31. The number of amides is 2. The van der Waals surface area contributed by atoms with Crippen LogP contribution in [0.1, 0.15) is 11.1 Å². The Hall–Kier alpha value is -3.58. The Morgan fingerprint density at radius 3 is 1.53 bits per heavy atom. The Morgan fingerprint density at radius 2 is 1.20 bits per heavy atom. The number of hydrogen-bond donors (Lipinski definition) is 2. The summed E-state index contributed by atoms with van der Waals surface area (Å²) in [5.41, 5.74) is 1.05. The third kappa shape index (κ3) is 7.10. The van der Waals surface area contributed by atoms with Crippen LogP contribution in [0.3, 0.4) is 0 Å². The van der Waals surface area contributed by atoms with Crippen molar-refractivity contribution in [1.29, 1.82) is 10.5 Å². The van der Waals surface area contributed by atoms with E-state index in [2.05, 4.69) is 10.6 Å². The first kappa shape index (κ1) is 22.7. The molecule has 0 radical (unpaired) electrons. The number of nitrogens with zero attached hydrogens (tertiary/aromatic N) is 2. The number of carbonyl (C=O) groups is 2. The highest BCUT2D eigenvalue weighted by Gasteiger charge is 2.11. The lowest BCUT2D eigenvalue weighted by molar-refractivity contribution is -0.118. The van der Waals surface area contributed by atoms with Crippen LogP contribution in [0.2, 0.25) is 10.0 Å². The summed E-state index contributed by atoms with van der Waals surface area (Å²) in [6, 6.07) is 17.1. The molecule has 0 saturated heterocycles. The number of hydrogen-bond acceptors (Lipinski definition) is 4. The molecule has 0 fully saturated rings. The van der Waals surface area contributed by atoms with Gasteiger partial charge in [-0.15, -0.1) is 0 Å². The monoisotopic (exact) mass is 438 g/mol. The van der Waals surface area contributed by atoms with E-state index in [1.165, 1.54) is 12.2 Å². The Labute approximate surface area is 184 Å². The van der Waals surface area contributed by atoms with Crippen LogP contribution < -0.4 is 10.6 Å². The van der Waals surface area contributed by atoms with Crippen LogP contribution in [0, 0.1) is 22.7 Å². The van der Waals surface area contributed by atoms with Gasteiger partial charge in [-0.2, -0.15) is 10.5 Å². The zero-order valence-electron chi connectivity index (χ0n) is 15.7. The average Bonchev–Trinajstić information content (AvgIpc) is 2.73. The standard InChI is InChI=1S/C22H16Cl2N4O2/c23-19-5-1-3-15(11-19)9-17(13-25)21(29)27-7-8-28-22(30)18(14-26)10-16-4-2-6-20(24)12-16/h1-6,9-12H,7-8H2,(H,27,29)(H,28,30)/b17-9+,18-10+. The van der Waals surface area contributed by atoms with Crippen LogP contribution >= 0.6 is 23.2 Å². The molecule has 8 heteroatoms. The number of benzene rings is 2.